The van der Waals surface area contributed by atoms with Crippen LogP contribution in [0, 0.1) is 12.7 Å². The highest BCUT2D eigenvalue weighted by atomic mass is 32.1. The van der Waals surface area contributed by atoms with Gasteiger partial charge in [-0.2, -0.15) is 0 Å². The third-order valence-corrected chi connectivity index (χ3v) is 6.73. The van der Waals surface area contributed by atoms with E-state index in [1.165, 1.54) is 22.3 Å². The maximum atomic E-state index is 13.4. The molecule has 0 spiro atoms. The molecule has 3 amide bonds. The minimum atomic E-state index is -0.635. The Kier molecular flexibility index (Phi) is 5.51. The number of piperidine rings is 1. The maximum absolute atomic E-state index is 13.4. The summed E-state index contributed by atoms with van der Waals surface area (Å²) in [4.78, 5) is 51.1. The van der Waals surface area contributed by atoms with Crippen molar-refractivity contribution < 1.29 is 23.6 Å². The molecule has 156 valence electrons. The van der Waals surface area contributed by atoms with Crippen LogP contribution in [0.15, 0.2) is 23.6 Å². The molecule has 2 aromatic rings. The average Bonchev–Trinajstić information content (AvgIpc) is 3.23. The summed E-state index contributed by atoms with van der Waals surface area (Å²) in [7, 11) is 0. The number of nitrogens with one attached hydrogen (secondary N) is 1. The van der Waals surface area contributed by atoms with Crippen molar-refractivity contribution in [2.45, 2.75) is 51.6 Å². The number of aryl methyl sites for hydroxylation is 2. The van der Waals surface area contributed by atoms with Crippen molar-refractivity contribution in [3.8, 4) is 0 Å². The summed E-state index contributed by atoms with van der Waals surface area (Å²) < 4.78 is 13.4. The Bertz CT molecular complexity index is 1060. The van der Waals surface area contributed by atoms with Gasteiger partial charge in [-0.15, -0.1) is 11.3 Å². The highest BCUT2D eigenvalue weighted by Crippen LogP contribution is 2.34. The number of nitrogens with zero attached hydrogens (tertiary/aromatic N) is 1. The number of carbonyl (C=O) groups excluding carboxylic acids is 4. The zero-order valence-electron chi connectivity index (χ0n) is 16.5. The molecule has 0 bridgehead atoms. The molecule has 1 aromatic carbocycles. The molecule has 8 heteroatoms. The Morgan fingerprint density at radius 3 is 2.83 bits per heavy atom. The predicted octanol–water partition coefficient (Wildman–Crippen LogP) is 2.70. The number of thiophene rings is 1. The lowest BCUT2D eigenvalue weighted by Crippen LogP contribution is -2.52. The number of hydrogen-bond donors (Lipinski definition) is 1. The number of amides is 3. The fourth-order valence-electron chi connectivity index (χ4n) is 4.00. The maximum Gasteiger partial charge on any atom is 0.256 e. The monoisotopic (exact) mass is 428 g/mol. The third kappa shape index (κ3) is 3.92. The molecule has 1 saturated heterocycles. The van der Waals surface area contributed by atoms with Crippen molar-refractivity contribution in [1.82, 2.24) is 10.2 Å². The first-order chi connectivity index (χ1) is 14.3. The van der Waals surface area contributed by atoms with Crippen molar-refractivity contribution in [2.75, 3.05) is 0 Å². The molecule has 1 unspecified atom stereocenters. The lowest BCUT2D eigenvalue weighted by atomic mass is 10.0. The van der Waals surface area contributed by atoms with Gasteiger partial charge in [0, 0.05) is 36.1 Å². The van der Waals surface area contributed by atoms with Crippen LogP contribution >= 0.6 is 11.3 Å². The number of carbonyl (C=O) groups is 4. The average molecular weight is 428 g/mol. The molecule has 2 aliphatic rings. The Morgan fingerprint density at radius 1 is 1.30 bits per heavy atom. The highest BCUT2D eigenvalue weighted by Gasteiger charge is 2.40. The van der Waals surface area contributed by atoms with Gasteiger partial charge in [-0.05, 0) is 42.5 Å². The summed E-state index contributed by atoms with van der Waals surface area (Å²) in [5, 5.41) is 4.08. The summed E-state index contributed by atoms with van der Waals surface area (Å²) in [5.74, 6) is -1.18. The van der Waals surface area contributed by atoms with Crippen LogP contribution in [0.2, 0.25) is 0 Å². The number of benzene rings is 1. The number of halogens is 1. The number of fused-ring (bicyclic) bond motifs is 1. The standard InChI is InChI=1S/C22H21FN2O4S/c1-12-8-13(2-4-17(12)23)9-14(26)3-6-19-15-10-25(22(29)16(15)11-30-19)18-5-7-20(27)24-21(18)28/h2,4,8,11,18H,3,5-7,9-10H2,1H3,(H,24,27,28). The van der Waals surface area contributed by atoms with Gasteiger partial charge < -0.3 is 4.90 Å². The van der Waals surface area contributed by atoms with Gasteiger partial charge in [0.05, 0.1) is 5.56 Å². The summed E-state index contributed by atoms with van der Waals surface area (Å²) in [6, 6.07) is 4.05. The van der Waals surface area contributed by atoms with Crippen LogP contribution < -0.4 is 5.32 Å². The molecule has 0 radical (unpaired) electrons. The van der Waals surface area contributed by atoms with Gasteiger partial charge in [-0.3, -0.25) is 24.5 Å². The minimum absolute atomic E-state index is 0.0505. The van der Waals surface area contributed by atoms with Gasteiger partial charge in [0.1, 0.15) is 17.6 Å². The third-order valence-electron chi connectivity index (χ3n) is 5.64. The molecule has 4 rings (SSSR count). The van der Waals surface area contributed by atoms with E-state index in [2.05, 4.69) is 5.32 Å². The zero-order valence-corrected chi connectivity index (χ0v) is 17.3. The summed E-state index contributed by atoms with van der Waals surface area (Å²) in [5.41, 5.74) is 2.76. The predicted molar refractivity (Wildman–Crippen MR) is 109 cm³/mol. The highest BCUT2D eigenvalue weighted by molar-refractivity contribution is 7.10. The first kappa shape index (κ1) is 20.4. The molecule has 2 aliphatic heterocycles. The smallest absolute Gasteiger partial charge is 0.256 e. The van der Waals surface area contributed by atoms with Crippen LogP contribution in [0.4, 0.5) is 4.39 Å². The molecular weight excluding hydrogens is 407 g/mol. The van der Waals surface area contributed by atoms with E-state index in [-0.39, 0.29) is 36.3 Å². The van der Waals surface area contributed by atoms with E-state index in [9.17, 15) is 23.6 Å². The first-order valence-electron chi connectivity index (χ1n) is 9.84. The Balaban J connectivity index is 1.39. The quantitative estimate of drug-likeness (QED) is 0.717. The van der Waals surface area contributed by atoms with Crippen molar-refractivity contribution in [3.63, 3.8) is 0 Å². The second-order valence-electron chi connectivity index (χ2n) is 7.75. The Hall–Kier alpha value is -2.87. The van der Waals surface area contributed by atoms with Gasteiger partial charge in [0.25, 0.3) is 5.91 Å². The number of hydrogen-bond acceptors (Lipinski definition) is 5. The molecule has 3 heterocycles. The molecule has 6 nitrogen and oxygen atoms in total. The second kappa shape index (κ2) is 8.10. The summed E-state index contributed by atoms with van der Waals surface area (Å²) in [6.07, 6.45) is 1.65. The normalized spacial score (nSPS) is 18.5. The lowest BCUT2D eigenvalue weighted by Gasteiger charge is -2.29. The number of imide groups is 1. The topological polar surface area (TPSA) is 83.6 Å². The number of ketones is 1. The van der Waals surface area contributed by atoms with E-state index < -0.39 is 11.9 Å². The van der Waals surface area contributed by atoms with Crippen LogP contribution in [-0.4, -0.2) is 34.4 Å². The fraction of sp³-hybridized carbons (Fsp3) is 0.364. The van der Waals surface area contributed by atoms with E-state index in [0.29, 0.717) is 36.9 Å². The van der Waals surface area contributed by atoms with Crippen LogP contribution in [0.25, 0.3) is 0 Å². The van der Waals surface area contributed by atoms with Gasteiger partial charge >= 0.3 is 0 Å². The zero-order chi connectivity index (χ0) is 21.4. The van der Waals surface area contributed by atoms with Gasteiger partial charge in [0.15, 0.2) is 0 Å². The summed E-state index contributed by atoms with van der Waals surface area (Å²) >= 11 is 1.45. The first-order valence-corrected chi connectivity index (χ1v) is 10.7. The number of Topliss-reactive ketones (excluding diaryl/α,β-unsaturated/α-hetero) is 1. The van der Waals surface area contributed by atoms with Crippen molar-refractivity contribution in [3.05, 3.63) is 56.5 Å². The van der Waals surface area contributed by atoms with E-state index in [0.717, 1.165) is 16.0 Å². The van der Waals surface area contributed by atoms with E-state index in [1.54, 1.807) is 24.4 Å². The number of rotatable bonds is 6. The minimum Gasteiger partial charge on any atom is -0.322 e. The Labute approximate surface area is 177 Å². The van der Waals surface area contributed by atoms with Crippen LogP contribution in [0.1, 0.15) is 51.2 Å². The summed E-state index contributed by atoms with van der Waals surface area (Å²) in [6.45, 7) is 1.99. The molecule has 1 N–H and O–H groups in total. The lowest BCUT2D eigenvalue weighted by molar-refractivity contribution is -0.137. The molecule has 1 atom stereocenters. The van der Waals surface area contributed by atoms with Crippen molar-refractivity contribution in [2.24, 2.45) is 0 Å². The van der Waals surface area contributed by atoms with Crippen LogP contribution in [0.3, 0.4) is 0 Å². The second-order valence-corrected chi connectivity index (χ2v) is 8.71. The van der Waals surface area contributed by atoms with Crippen molar-refractivity contribution in [1.29, 1.82) is 0 Å². The molecule has 30 heavy (non-hydrogen) atoms. The molecule has 1 aromatic heterocycles. The van der Waals surface area contributed by atoms with Gasteiger partial charge in [-0.25, -0.2) is 4.39 Å². The van der Waals surface area contributed by atoms with Crippen LogP contribution in [0.5, 0.6) is 0 Å². The van der Waals surface area contributed by atoms with E-state index in [1.807, 2.05) is 0 Å². The van der Waals surface area contributed by atoms with Gasteiger partial charge in [0.2, 0.25) is 11.8 Å². The molecular formula is C22H21FN2O4S. The van der Waals surface area contributed by atoms with E-state index >= 15 is 0 Å². The SMILES string of the molecule is Cc1cc(CC(=O)CCc2scc3c2CN(C2CCC(=O)NC2=O)C3=O)ccc1F. The molecule has 1 fully saturated rings. The van der Waals surface area contributed by atoms with Gasteiger partial charge in [-0.1, -0.05) is 12.1 Å². The fourth-order valence-corrected chi connectivity index (χ4v) is 5.04. The largest absolute Gasteiger partial charge is 0.322 e. The van der Waals surface area contributed by atoms with E-state index in [4.69, 9.17) is 0 Å². The molecule has 0 saturated carbocycles. The van der Waals surface area contributed by atoms with Crippen LogP contribution in [-0.2, 0) is 33.8 Å². The van der Waals surface area contributed by atoms with Crippen molar-refractivity contribution >= 4 is 34.8 Å². The Morgan fingerprint density at radius 2 is 2.10 bits per heavy atom. The molecule has 0 aliphatic carbocycles.